The van der Waals surface area contributed by atoms with Crippen LogP contribution in [0.4, 0.5) is 5.69 Å². The maximum absolute atomic E-state index is 12.0. The molecule has 6 nitrogen and oxygen atoms in total. The first-order valence-electron chi connectivity index (χ1n) is 5.17. The van der Waals surface area contributed by atoms with Gasteiger partial charge in [0.25, 0.3) is 5.69 Å². The smallest absolute Gasteiger partial charge is 0.258 e. The van der Waals surface area contributed by atoms with Crippen molar-refractivity contribution >= 4 is 27.3 Å². The first-order valence-corrected chi connectivity index (χ1v) is 7.03. The van der Waals surface area contributed by atoms with E-state index in [9.17, 15) is 18.5 Å². The third-order valence-corrected chi connectivity index (χ3v) is 4.20. The Kier molecular flexibility index (Phi) is 4.89. The molecule has 0 aliphatic rings. The highest BCUT2D eigenvalue weighted by atomic mass is 35.5. The predicted molar refractivity (Wildman–Crippen MR) is 71.5 cm³/mol. The van der Waals surface area contributed by atoms with Crippen LogP contribution in [-0.2, 0) is 10.0 Å². The lowest BCUT2D eigenvalue weighted by Gasteiger charge is -2.09. The van der Waals surface area contributed by atoms with Crippen LogP contribution < -0.4 is 4.72 Å². The molecule has 0 bridgehead atoms. The molecule has 0 saturated carbocycles. The first kappa shape index (κ1) is 15.4. The van der Waals surface area contributed by atoms with Crippen molar-refractivity contribution in [1.82, 2.24) is 4.72 Å². The fourth-order valence-electron chi connectivity index (χ4n) is 1.41. The van der Waals surface area contributed by atoms with Gasteiger partial charge in [0.15, 0.2) is 0 Å². The van der Waals surface area contributed by atoms with E-state index in [-0.39, 0.29) is 22.9 Å². The van der Waals surface area contributed by atoms with Crippen molar-refractivity contribution in [2.24, 2.45) is 0 Å². The third kappa shape index (κ3) is 3.67. The molecule has 0 aliphatic carbocycles. The van der Waals surface area contributed by atoms with Gasteiger partial charge in [-0.05, 0) is 18.6 Å². The number of aryl methyl sites for hydroxylation is 1. The van der Waals surface area contributed by atoms with Crippen LogP contribution >= 0.6 is 11.6 Å². The minimum atomic E-state index is -3.84. The van der Waals surface area contributed by atoms with Gasteiger partial charge in [0, 0.05) is 19.0 Å². The third-order valence-electron chi connectivity index (χ3n) is 2.29. The topological polar surface area (TPSA) is 89.3 Å². The Morgan fingerprint density at radius 1 is 1.53 bits per heavy atom. The molecule has 0 radical (unpaired) electrons. The summed E-state index contributed by atoms with van der Waals surface area (Å²) in [7, 11) is -3.84. The summed E-state index contributed by atoms with van der Waals surface area (Å²) in [5.41, 5.74) is -0.131. The molecule has 1 aromatic carbocycles. The molecule has 0 aliphatic heterocycles. The number of nitro benzene ring substituents is 1. The molecular weight excluding hydrogens is 292 g/mol. The van der Waals surface area contributed by atoms with Gasteiger partial charge in [-0.3, -0.25) is 10.1 Å². The van der Waals surface area contributed by atoms with E-state index < -0.39 is 20.6 Å². The molecule has 1 aromatic rings. The lowest BCUT2D eigenvalue weighted by atomic mass is 10.2. The largest absolute Gasteiger partial charge is 0.289 e. The predicted octanol–water partition coefficient (Wildman–Crippen LogP) is 1.86. The van der Waals surface area contributed by atoms with Crippen LogP contribution in [0, 0.1) is 29.4 Å². The molecule has 0 atom stereocenters. The molecule has 1 N–H and O–H groups in total. The van der Waals surface area contributed by atoms with Crippen LogP contribution in [0.25, 0.3) is 0 Å². The van der Waals surface area contributed by atoms with Crippen molar-refractivity contribution in [3.05, 3.63) is 32.8 Å². The molecule has 0 saturated heterocycles. The first-order chi connectivity index (χ1) is 8.79. The van der Waals surface area contributed by atoms with Crippen LogP contribution in [0.3, 0.4) is 0 Å². The Balaban J connectivity index is 3.24. The fourth-order valence-corrected chi connectivity index (χ4v) is 2.97. The molecule has 0 aromatic heterocycles. The van der Waals surface area contributed by atoms with Crippen LogP contribution in [0.2, 0.25) is 5.02 Å². The summed E-state index contributed by atoms with van der Waals surface area (Å²) < 4.78 is 26.2. The van der Waals surface area contributed by atoms with E-state index in [0.717, 1.165) is 6.07 Å². The molecular formula is C11H11ClN2O4S. The Labute approximate surface area is 116 Å². The number of hydrogen-bond donors (Lipinski definition) is 1. The number of nitrogens with one attached hydrogen (secondary N) is 1. The molecule has 0 unspecified atom stereocenters. The second-order valence-electron chi connectivity index (χ2n) is 3.68. The van der Waals surface area contributed by atoms with E-state index in [1.54, 1.807) is 0 Å². The van der Waals surface area contributed by atoms with Crippen LogP contribution in [0.5, 0.6) is 0 Å². The molecule has 8 heteroatoms. The van der Waals surface area contributed by atoms with Gasteiger partial charge in [-0.1, -0.05) is 11.6 Å². The number of rotatable bonds is 5. The summed E-state index contributed by atoms with van der Waals surface area (Å²) in [6.45, 7) is 1.57. The van der Waals surface area contributed by atoms with Gasteiger partial charge in [0.1, 0.15) is 5.02 Å². The van der Waals surface area contributed by atoms with Gasteiger partial charge in [0.05, 0.1) is 9.82 Å². The number of hydrogen-bond acceptors (Lipinski definition) is 4. The number of halogens is 1. The molecule has 0 spiro atoms. The number of benzene rings is 1. The second kappa shape index (κ2) is 6.02. The van der Waals surface area contributed by atoms with E-state index in [1.165, 1.54) is 13.0 Å². The summed E-state index contributed by atoms with van der Waals surface area (Å²) in [5, 5.41) is 10.6. The molecule has 102 valence electrons. The molecule has 0 amide bonds. The fraction of sp³-hybridized carbons (Fsp3) is 0.273. The van der Waals surface area contributed by atoms with Gasteiger partial charge >= 0.3 is 0 Å². The van der Waals surface area contributed by atoms with Crippen molar-refractivity contribution in [2.75, 3.05) is 6.54 Å². The van der Waals surface area contributed by atoms with Crippen molar-refractivity contribution in [2.45, 2.75) is 18.2 Å². The number of sulfonamides is 1. The van der Waals surface area contributed by atoms with Gasteiger partial charge in [-0.15, -0.1) is 12.3 Å². The summed E-state index contributed by atoms with van der Waals surface area (Å²) >= 11 is 5.69. The molecule has 1 rings (SSSR count). The van der Waals surface area contributed by atoms with Crippen LogP contribution in [0.1, 0.15) is 12.0 Å². The SMILES string of the molecule is C#CCCNS(=O)(=O)c1cc([N+](=O)[O-])c(Cl)cc1C. The van der Waals surface area contributed by atoms with Crippen molar-refractivity contribution in [1.29, 1.82) is 0 Å². The summed E-state index contributed by atoms with van der Waals surface area (Å²) in [6.07, 6.45) is 5.25. The minimum Gasteiger partial charge on any atom is -0.258 e. The lowest BCUT2D eigenvalue weighted by molar-refractivity contribution is -0.384. The average Bonchev–Trinajstić information content (AvgIpc) is 2.28. The summed E-state index contributed by atoms with van der Waals surface area (Å²) in [6, 6.07) is 2.19. The Hall–Kier alpha value is -1.62. The summed E-state index contributed by atoms with van der Waals surface area (Å²) in [5.74, 6) is 2.29. The van der Waals surface area contributed by atoms with E-state index in [4.69, 9.17) is 18.0 Å². The molecule has 19 heavy (non-hydrogen) atoms. The van der Waals surface area contributed by atoms with E-state index in [2.05, 4.69) is 10.6 Å². The monoisotopic (exact) mass is 302 g/mol. The van der Waals surface area contributed by atoms with Gasteiger partial charge in [0.2, 0.25) is 10.0 Å². The van der Waals surface area contributed by atoms with Crippen molar-refractivity contribution in [3.63, 3.8) is 0 Å². The average molecular weight is 303 g/mol. The van der Waals surface area contributed by atoms with Gasteiger partial charge in [-0.2, -0.15) is 0 Å². The maximum atomic E-state index is 12.0. The normalized spacial score (nSPS) is 11.0. The van der Waals surface area contributed by atoms with Gasteiger partial charge < -0.3 is 0 Å². The standard InChI is InChI=1S/C11H11ClN2O4S/c1-3-4-5-13-19(17,18)11-7-10(14(15)16)9(12)6-8(11)2/h1,6-7,13H,4-5H2,2H3. The maximum Gasteiger partial charge on any atom is 0.289 e. The molecule has 0 fully saturated rings. The van der Waals surface area contributed by atoms with Crippen molar-refractivity contribution in [3.8, 4) is 12.3 Å². The van der Waals surface area contributed by atoms with Crippen LogP contribution in [-0.4, -0.2) is 19.9 Å². The highest BCUT2D eigenvalue weighted by Gasteiger charge is 2.22. The lowest BCUT2D eigenvalue weighted by Crippen LogP contribution is -2.25. The Morgan fingerprint density at radius 2 is 2.16 bits per heavy atom. The minimum absolute atomic E-state index is 0.0642. The van der Waals surface area contributed by atoms with Gasteiger partial charge in [-0.25, -0.2) is 13.1 Å². The molecule has 0 heterocycles. The number of nitro groups is 1. The van der Waals surface area contributed by atoms with E-state index in [1.807, 2.05) is 0 Å². The highest BCUT2D eigenvalue weighted by molar-refractivity contribution is 7.89. The quantitative estimate of drug-likeness (QED) is 0.389. The van der Waals surface area contributed by atoms with Crippen molar-refractivity contribution < 1.29 is 13.3 Å². The van der Waals surface area contributed by atoms with E-state index >= 15 is 0 Å². The number of terminal acetylenes is 1. The summed E-state index contributed by atoms with van der Waals surface area (Å²) in [4.78, 5) is 9.84. The second-order valence-corrected chi connectivity index (χ2v) is 5.82. The van der Waals surface area contributed by atoms with Crippen LogP contribution in [0.15, 0.2) is 17.0 Å². The Morgan fingerprint density at radius 3 is 2.68 bits per heavy atom. The zero-order valence-electron chi connectivity index (χ0n) is 10.0. The Bertz CT molecular complexity index is 649. The zero-order chi connectivity index (χ0) is 14.6. The highest BCUT2D eigenvalue weighted by Crippen LogP contribution is 2.29. The number of nitrogens with zero attached hydrogens (tertiary/aromatic N) is 1. The van der Waals surface area contributed by atoms with E-state index in [0.29, 0.717) is 5.56 Å². The zero-order valence-corrected chi connectivity index (χ0v) is 11.6.